The summed E-state index contributed by atoms with van der Waals surface area (Å²) in [7, 11) is -12.6. The SMILES string of the molecule is CC1(C)C=C(/C=C2/N(S(=O)(=O)C(F)(F)F)C(/C=C3/N(S(=O)(=O)C(F)(F)F)C(C)(C#N)CC3(C)C)=CC2(C)C)N=C1/C=C1/CC(C)(C)C(=O)N1. The molecule has 4 aliphatic rings. The van der Waals surface area contributed by atoms with Crippen LogP contribution >= 0.6 is 0 Å². The van der Waals surface area contributed by atoms with Gasteiger partial charge in [0.1, 0.15) is 5.54 Å². The summed E-state index contributed by atoms with van der Waals surface area (Å²) in [6.07, 6.45) is 5.91. The zero-order chi connectivity index (χ0) is 37.8. The fourth-order valence-corrected chi connectivity index (χ4v) is 9.06. The molecule has 1 amide bonds. The molecule has 4 rings (SSSR count). The highest BCUT2D eigenvalue weighted by molar-refractivity contribution is 7.90. The Morgan fingerprint density at radius 1 is 0.816 bits per heavy atom. The number of aliphatic imine (C=N–C) groups is 1. The number of carbonyl (C=O) groups excluding carboxylic acids is 1. The Hall–Kier alpha value is -3.59. The largest absolute Gasteiger partial charge is 0.517 e. The number of nitrogens with one attached hydrogen (secondary N) is 1. The Labute approximate surface area is 281 Å². The van der Waals surface area contributed by atoms with Gasteiger partial charge < -0.3 is 5.32 Å². The minimum atomic E-state index is -6.30. The molecule has 10 nitrogen and oxygen atoms in total. The summed E-state index contributed by atoms with van der Waals surface area (Å²) < 4.78 is 137. The molecule has 0 bridgehead atoms. The number of carbonyl (C=O) groups is 1. The van der Waals surface area contributed by atoms with Crippen molar-refractivity contribution in [2.75, 3.05) is 0 Å². The van der Waals surface area contributed by atoms with Gasteiger partial charge in [0.05, 0.1) is 23.2 Å². The van der Waals surface area contributed by atoms with Gasteiger partial charge in [0, 0.05) is 45.2 Å². The number of amides is 1. The first-order valence-electron chi connectivity index (χ1n) is 14.9. The number of alkyl halides is 6. The zero-order valence-corrected chi connectivity index (χ0v) is 29.8. The summed E-state index contributed by atoms with van der Waals surface area (Å²) in [6.45, 7) is 13.3. The number of hydrogen-bond acceptors (Lipinski definition) is 7. The van der Waals surface area contributed by atoms with Gasteiger partial charge in [0.25, 0.3) is 0 Å². The van der Waals surface area contributed by atoms with E-state index in [1.54, 1.807) is 45.9 Å². The van der Waals surface area contributed by atoms with E-state index in [0.717, 1.165) is 19.1 Å². The summed E-state index contributed by atoms with van der Waals surface area (Å²) in [5, 5.41) is 12.6. The van der Waals surface area contributed by atoms with Crippen LogP contribution in [0.4, 0.5) is 26.3 Å². The number of allylic oxidation sites excluding steroid dienone is 7. The molecule has 1 unspecified atom stereocenters. The standard InChI is InChI=1S/C31H37F6N5O5S2/c1-25(2)13-19(39-21(25)10-18-14-27(5,6)24(43)40-18)11-22-26(3,4)15-20(41(22)48(44,45)30(32,33)34)12-23-28(7,8)16-29(9,17-38)42(23)49(46,47)31(35,36)37/h10-13,15H,14,16H2,1-9H3,(H,40,43)/b18-10-,22-11+,23-12+. The second-order valence-electron chi connectivity index (χ2n) is 15.2. The topological polar surface area (TPSA) is 140 Å². The number of hydrogen-bond donors (Lipinski definition) is 1. The van der Waals surface area contributed by atoms with E-state index >= 15 is 0 Å². The quantitative estimate of drug-likeness (QED) is 0.320. The Morgan fingerprint density at radius 3 is 1.84 bits per heavy atom. The predicted molar refractivity (Wildman–Crippen MR) is 168 cm³/mol. The highest BCUT2D eigenvalue weighted by atomic mass is 32.2. The molecular formula is C31H37F6N5O5S2. The van der Waals surface area contributed by atoms with E-state index in [2.05, 4.69) is 10.3 Å². The molecule has 4 heterocycles. The van der Waals surface area contributed by atoms with Crippen molar-refractivity contribution in [1.29, 1.82) is 5.26 Å². The molecule has 2 saturated heterocycles. The third-order valence-corrected chi connectivity index (χ3v) is 12.0. The Balaban J connectivity index is 1.94. The zero-order valence-electron chi connectivity index (χ0n) is 28.2. The van der Waals surface area contributed by atoms with Crippen molar-refractivity contribution in [3.63, 3.8) is 0 Å². The van der Waals surface area contributed by atoms with Gasteiger partial charge in [-0.05, 0) is 43.7 Å². The Bertz CT molecular complexity index is 1960. The van der Waals surface area contributed by atoms with Crippen LogP contribution in [0.25, 0.3) is 0 Å². The molecule has 270 valence electrons. The summed E-state index contributed by atoms with van der Waals surface area (Å²) in [4.78, 5) is 16.8. The molecule has 0 saturated carbocycles. The molecule has 0 aromatic carbocycles. The van der Waals surface area contributed by atoms with Crippen molar-refractivity contribution < 1.29 is 48.0 Å². The fourth-order valence-electron chi connectivity index (χ4n) is 6.52. The van der Waals surface area contributed by atoms with Crippen LogP contribution in [0.2, 0.25) is 0 Å². The highest BCUT2D eigenvalue weighted by Crippen LogP contribution is 2.55. The lowest BCUT2D eigenvalue weighted by atomic mass is 9.83. The Morgan fingerprint density at radius 2 is 1.37 bits per heavy atom. The van der Waals surface area contributed by atoms with E-state index in [0.29, 0.717) is 23.9 Å². The maximum atomic E-state index is 14.3. The smallest absolute Gasteiger partial charge is 0.329 e. The molecule has 18 heteroatoms. The summed E-state index contributed by atoms with van der Waals surface area (Å²) in [5.41, 5.74) is -19.7. The first-order chi connectivity index (χ1) is 21.7. The monoisotopic (exact) mass is 737 g/mol. The maximum Gasteiger partial charge on any atom is 0.517 e. The predicted octanol–water partition coefficient (Wildman–Crippen LogP) is 6.49. The second kappa shape index (κ2) is 11.0. The van der Waals surface area contributed by atoms with Crippen molar-refractivity contribution in [3.05, 3.63) is 58.9 Å². The third-order valence-electron chi connectivity index (χ3n) is 8.90. The van der Waals surface area contributed by atoms with E-state index in [4.69, 9.17) is 0 Å². The van der Waals surface area contributed by atoms with Gasteiger partial charge >= 0.3 is 31.1 Å². The van der Waals surface area contributed by atoms with Gasteiger partial charge in [-0.2, -0.15) is 48.4 Å². The van der Waals surface area contributed by atoms with E-state index in [-0.39, 0.29) is 20.2 Å². The normalized spacial score (nSPS) is 29.0. The van der Waals surface area contributed by atoms with Gasteiger partial charge in [0.15, 0.2) is 0 Å². The van der Waals surface area contributed by atoms with Crippen LogP contribution in [-0.2, 0) is 24.8 Å². The minimum Gasteiger partial charge on any atom is -0.329 e. The summed E-state index contributed by atoms with van der Waals surface area (Å²) in [5.74, 6) is -0.207. The van der Waals surface area contributed by atoms with E-state index in [1.807, 2.05) is 0 Å². The van der Waals surface area contributed by atoms with Crippen LogP contribution in [-0.4, -0.2) is 53.6 Å². The van der Waals surface area contributed by atoms with Crippen molar-refractivity contribution in [3.8, 4) is 6.07 Å². The number of sulfonamides is 2. The number of halogens is 6. The lowest BCUT2D eigenvalue weighted by molar-refractivity contribution is -0.125. The second-order valence-corrected chi connectivity index (χ2v) is 18.8. The molecule has 1 N–H and O–H groups in total. The van der Waals surface area contributed by atoms with Crippen LogP contribution < -0.4 is 5.32 Å². The Kier molecular flexibility index (Phi) is 8.54. The minimum absolute atomic E-state index is 0.0627. The third kappa shape index (κ3) is 6.32. The van der Waals surface area contributed by atoms with Crippen molar-refractivity contribution in [1.82, 2.24) is 13.9 Å². The molecule has 0 radical (unpaired) electrons. The van der Waals surface area contributed by atoms with Crippen LogP contribution in [0.1, 0.15) is 75.2 Å². The van der Waals surface area contributed by atoms with E-state index in [9.17, 15) is 53.2 Å². The van der Waals surface area contributed by atoms with Gasteiger partial charge in [-0.1, -0.05) is 55.4 Å². The van der Waals surface area contributed by atoms with Crippen LogP contribution in [0.3, 0.4) is 0 Å². The molecular weight excluding hydrogens is 700 g/mol. The summed E-state index contributed by atoms with van der Waals surface area (Å²) in [6, 6.07) is 1.58. The van der Waals surface area contributed by atoms with Gasteiger partial charge in [-0.3, -0.25) is 9.79 Å². The summed E-state index contributed by atoms with van der Waals surface area (Å²) >= 11 is 0. The van der Waals surface area contributed by atoms with Crippen molar-refractivity contribution in [2.24, 2.45) is 26.7 Å². The maximum absolute atomic E-state index is 14.3. The van der Waals surface area contributed by atoms with Crippen LogP contribution in [0.5, 0.6) is 0 Å². The average Bonchev–Trinajstić information content (AvgIpc) is 3.48. The fraction of sp³-hybridized carbons (Fsp3) is 0.581. The van der Waals surface area contributed by atoms with Crippen LogP contribution in [0, 0.1) is 33.0 Å². The number of nitrogens with zero attached hydrogens (tertiary/aromatic N) is 4. The molecule has 1 atom stereocenters. The average molecular weight is 738 g/mol. The molecule has 2 fully saturated rings. The molecule has 0 aromatic heterocycles. The van der Waals surface area contributed by atoms with Gasteiger partial charge in [0.2, 0.25) is 5.91 Å². The number of nitriles is 1. The first kappa shape index (κ1) is 38.2. The molecule has 0 spiro atoms. The lowest BCUT2D eigenvalue weighted by Gasteiger charge is -2.33. The first-order valence-corrected chi connectivity index (χ1v) is 17.8. The van der Waals surface area contributed by atoms with Crippen molar-refractivity contribution >= 4 is 31.7 Å². The van der Waals surface area contributed by atoms with Gasteiger partial charge in [-0.15, -0.1) is 0 Å². The van der Waals surface area contributed by atoms with Crippen LogP contribution in [0.15, 0.2) is 63.9 Å². The van der Waals surface area contributed by atoms with E-state index in [1.165, 1.54) is 27.7 Å². The molecule has 0 aliphatic carbocycles. The lowest BCUT2D eigenvalue weighted by Crippen LogP contribution is -2.48. The molecule has 0 aromatic rings. The van der Waals surface area contributed by atoms with Crippen molar-refractivity contribution in [2.45, 2.75) is 91.7 Å². The van der Waals surface area contributed by atoms with E-state index < -0.39 is 81.8 Å². The molecule has 4 aliphatic heterocycles. The highest BCUT2D eigenvalue weighted by Gasteiger charge is 2.63. The number of rotatable bonds is 5. The molecule has 49 heavy (non-hydrogen) atoms. The van der Waals surface area contributed by atoms with Gasteiger partial charge in [-0.25, -0.2) is 8.61 Å².